The molecule has 0 spiro atoms. The van der Waals surface area contributed by atoms with Crippen molar-refractivity contribution in [2.45, 2.75) is 45.7 Å². The molecule has 0 saturated carbocycles. The van der Waals surface area contributed by atoms with E-state index in [0.29, 0.717) is 18.8 Å². The van der Waals surface area contributed by atoms with Crippen LogP contribution in [0.25, 0.3) is 0 Å². The highest BCUT2D eigenvalue weighted by Gasteiger charge is 2.32. The highest BCUT2D eigenvalue weighted by Crippen LogP contribution is 2.09. The fraction of sp³-hybridized carbons (Fsp3) is 0.800. The number of rotatable bonds is 3. The third kappa shape index (κ3) is 2.47. The van der Waals surface area contributed by atoms with Gasteiger partial charge in [0.15, 0.2) is 0 Å². The summed E-state index contributed by atoms with van der Waals surface area (Å²) < 4.78 is 0. The average Bonchev–Trinajstić information content (AvgIpc) is 2.10. The average molecular weight is 198 g/mol. The normalized spacial score (nSPS) is 27.4. The fourth-order valence-corrected chi connectivity index (χ4v) is 1.60. The Morgan fingerprint density at radius 3 is 2.14 bits per heavy atom. The maximum absolute atomic E-state index is 11.5. The van der Waals surface area contributed by atoms with Gasteiger partial charge in [0.25, 0.3) is 0 Å². The third-order valence-electron chi connectivity index (χ3n) is 2.38. The van der Waals surface area contributed by atoms with Crippen LogP contribution in [0, 0.1) is 5.92 Å². The molecule has 14 heavy (non-hydrogen) atoms. The first-order valence-electron chi connectivity index (χ1n) is 5.15. The molecule has 1 rings (SSSR count). The highest BCUT2D eigenvalue weighted by molar-refractivity contribution is 5.96. The SMILES string of the molecule is CCC1NC(=O)C(CC(C)C)NC1=O. The van der Waals surface area contributed by atoms with Crippen LogP contribution in [0.1, 0.15) is 33.6 Å². The van der Waals surface area contributed by atoms with Gasteiger partial charge in [0, 0.05) is 0 Å². The summed E-state index contributed by atoms with van der Waals surface area (Å²) in [5.74, 6) is 0.298. The molecule has 4 heteroatoms. The van der Waals surface area contributed by atoms with Crippen molar-refractivity contribution < 1.29 is 9.59 Å². The summed E-state index contributed by atoms with van der Waals surface area (Å²) in [5, 5.41) is 5.47. The minimum absolute atomic E-state index is 0.0508. The van der Waals surface area contributed by atoms with E-state index in [1.165, 1.54) is 0 Å². The molecule has 0 aromatic rings. The van der Waals surface area contributed by atoms with Crippen LogP contribution in [-0.4, -0.2) is 23.9 Å². The summed E-state index contributed by atoms with van der Waals surface area (Å²) in [5.41, 5.74) is 0. The van der Waals surface area contributed by atoms with Crippen LogP contribution in [0.2, 0.25) is 0 Å². The van der Waals surface area contributed by atoms with Gasteiger partial charge in [-0.15, -0.1) is 0 Å². The second-order valence-corrected chi connectivity index (χ2v) is 4.16. The molecule has 0 radical (unpaired) electrons. The van der Waals surface area contributed by atoms with Crippen LogP contribution < -0.4 is 10.6 Å². The van der Waals surface area contributed by atoms with E-state index < -0.39 is 0 Å². The van der Waals surface area contributed by atoms with Crippen molar-refractivity contribution in [1.29, 1.82) is 0 Å². The number of nitrogens with one attached hydrogen (secondary N) is 2. The Morgan fingerprint density at radius 2 is 1.64 bits per heavy atom. The van der Waals surface area contributed by atoms with Gasteiger partial charge in [-0.1, -0.05) is 20.8 Å². The van der Waals surface area contributed by atoms with Crippen molar-refractivity contribution in [3.05, 3.63) is 0 Å². The van der Waals surface area contributed by atoms with Crippen molar-refractivity contribution in [2.75, 3.05) is 0 Å². The minimum Gasteiger partial charge on any atom is -0.343 e. The van der Waals surface area contributed by atoms with Crippen molar-refractivity contribution in [3.8, 4) is 0 Å². The van der Waals surface area contributed by atoms with E-state index in [-0.39, 0.29) is 23.9 Å². The summed E-state index contributed by atoms with van der Waals surface area (Å²) in [4.78, 5) is 23.0. The summed E-state index contributed by atoms with van der Waals surface area (Å²) in [7, 11) is 0. The van der Waals surface area contributed by atoms with Gasteiger partial charge in [-0.05, 0) is 18.8 Å². The Bertz CT molecular complexity index is 238. The third-order valence-corrected chi connectivity index (χ3v) is 2.38. The maximum Gasteiger partial charge on any atom is 0.243 e. The van der Waals surface area contributed by atoms with Crippen LogP contribution in [0.15, 0.2) is 0 Å². The number of hydrogen-bond donors (Lipinski definition) is 2. The number of piperazine rings is 1. The number of hydrogen-bond acceptors (Lipinski definition) is 2. The standard InChI is InChI=1S/C10H18N2O2/c1-4-7-9(13)12-8(5-6(2)3)10(14)11-7/h6-8H,4-5H2,1-3H3,(H,11,14)(H,12,13). The number of amides is 2. The van der Waals surface area contributed by atoms with Gasteiger partial charge in [0.1, 0.15) is 12.1 Å². The van der Waals surface area contributed by atoms with Gasteiger partial charge in [0.05, 0.1) is 0 Å². The minimum atomic E-state index is -0.342. The Hall–Kier alpha value is -1.06. The summed E-state index contributed by atoms with van der Waals surface area (Å²) in [6.07, 6.45) is 1.35. The van der Waals surface area contributed by atoms with Crippen LogP contribution in [0.4, 0.5) is 0 Å². The second kappa shape index (κ2) is 4.44. The Balaban J connectivity index is 2.57. The molecule has 2 unspecified atom stereocenters. The van der Waals surface area contributed by atoms with Gasteiger partial charge in [-0.3, -0.25) is 9.59 Å². The summed E-state index contributed by atoms with van der Waals surface area (Å²) in [6, 6.07) is -0.684. The largest absolute Gasteiger partial charge is 0.343 e. The lowest BCUT2D eigenvalue weighted by Gasteiger charge is -2.29. The van der Waals surface area contributed by atoms with E-state index in [1.807, 2.05) is 20.8 Å². The van der Waals surface area contributed by atoms with Gasteiger partial charge in [-0.2, -0.15) is 0 Å². The smallest absolute Gasteiger partial charge is 0.243 e. The van der Waals surface area contributed by atoms with Crippen molar-refractivity contribution in [2.24, 2.45) is 5.92 Å². The number of carbonyl (C=O) groups is 2. The van der Waals surface area contributed by atoms with Gasteiger partial charge < -0.3 is 10.6 Å². The quantitative estimate of drug-likeness (QED) is 0.690. The highest BCUT2D eigenvalue weighted by atomic mass is 16.2. The zero-order chi connectivity index (χ0) is 10.7. The van der Waals surface area contributed by atoms with E-state index in [2.05, 4.69) is 10.6 Å². The monoisotopic (exact) mass is 198 g/mol. The predicted octanol–water partition coefficient (Wildman–Crippen LogP) is 0.426. The lowest BCUT2D eigenvalue weighted by atomic mass is 9.99. The Morgan fingerprint density at radius 1 is 1.14 bits per heavy atom. The zero-order valence-corrected chi connectivity index (χ0v) is 8.96. The molecule has 0 aliphatic carbocycles. The molecule has 1 aliphatic rings. The molecule has 0 aromatic carbocycles. The van der Waals surface area contributed by atoms with E-state index in [9.17, 15) is 9.59 Å². The van der Waals surface area contributed by atoms with E-state index >= 15 is 0 Å². The van der Waals surface area contributed by atoms with Gasteiger partial charge in [-0.25, -0.2) is 0 Å². The molecule has 4 nitrogen and oxygen atoms in total. The zero-order valence-electron chi connectivity index (χ0n) is 8.96. The predicted molar refractivity (Wildman–Crippen MR) is 53.6 cm³/mol. The molecule has 80 valence electrons. The lowest BCUT2D eigenvalue weighted by Crippen LogP contribution is -2.61. The van der Waals surface area contributed by atoms with Crippen LogP contribution in [0.5, 0.6) is 0 Å². The molecule has 0 aromatic heterocycles. The van der Waals surface area contributed by atoms with Crippen molar-refractivity contribution in [1.82, 2.24) is 10.6 Å². The second-order valence-electron chi connectivity index (χ2n) is 4.16. The first-order valence-corrected chi connectivity index (χ1v) is 5.15. The molecule has 2 N–H and O–H groups in total. The summed E-state index contributed by atoms with van der Waals surface area (Å²) in [6.45, 7) is 5.95. The molecule has 0 bridgehead atoms. The molecule has 2 atom stereocenters. The summed E-state index contributed by atoms with van der Waals surface area (Å²) >= 11 is 0. The maximum atomic E-state index is 11.5. The van der Waals surface area contributed by atoms with Gasteiger partial charge in [0.2, 0.25) is 11.8 Å². The van der Waals surface area contributed by atoms with E-state index in [0.717, 1.165) is 0 Å². The lowest BCUT2D eigenvalue weighted by molar-refractivity contribution is -0.137. The molecular formula is C10H18N2O2. The van der Waals surface area contributed by atoms with E-state index in [1.54, 1.807) is 0 Å². The number of carbonyl (C=O) groups excluding carboxylic acids is 2. The van der Waals surface area contributed by atoms with Gasteiger partial charge >= 0.3 is 0 Å². The topological polar surface area (TPSA) is 58.2 Å². The van der Waals surface area contributed by atoms with Crippen LogP contribution in [-0.2, 0) is 9.59 Å². The molecule has 1 aliphatic heterocycles. The molecular weight excluding hydrogens is 180 g/mol. The van der Waals surface area contributed by atoms with Crippen LogP contribution >= 0.6 is 0 Å². The Kier molecular flexibility index (Phi) is 3.49. The fourth-order valence-electron chi connectivity index (χ4n) is 1.60. The Labute approximate surface area is 84.4 Å². The van der Waals surface area contributed by atoms with Crippen molar-refractivity contribution in [3.63, 3.8) is 0 Å². The molecule has 2 amide bonds. The molecule has 1 saturated heterocycles. The first-order chi connectivity index (χ1) is 6.54. The van der Waals surface area contributed by atoms with Crippen LogP contribution in [0.3, 0.4) is 0 Å². The molecule has 1 fully saturated rings. The molecule has 1 heterocycles. The van der Waals surface area contributed by atoms with Crippen molar-refractivity contribution >= 4 is 11.8 Å². The first kappa shape index (κ1) is 11.0. The van der Waals surface area contributed by atoms with E-state index in [4.69, 9.17) is 0 Å².